The van der Waals surface area contributed by atoms with E-state index in [9.17, 15) is 14.4 Å². The Kier molecular flexibility index (Phi) is 4.97. The molecule has 0 unspecified atom stereocenters. The Bertz CT molecular complexity index is 479. The highest BCUT2D eigenvalue weighted by atomic mass is 35.5. The molecule has 1 aliphatic carbocycles. The van der Waals surface area contributed by atoms with Crippen molar-refractivity contribution < 1.29 is 14.4 Å². The van der Waals surface area contributed by atoms with Crippen LogP contribution in [0, 0.1) is 0 Å². The van der Waals surface area contributed by atoms with Crippen LogP contribution in [0.25, 0.3) is 0 Å². The van der Waals surface area contributed by atoms with Gasteiger partial charge in [0.2, 0.25) is 5.91 Å². The first-order valence-electron chi connectivity index (χ1n) is 7.69. The third-order valence-electron chi connectivity index (χ3n) is 4.82. The fourth-order valence-electron chi connectivity index (χ4n) is 3.56. The largest absolute Gasteiger partial charge is 0.340 e. The summed E-state index contributed by atoms with van der Waals surface area (Å²) in [5.41, 5.74) is 5.03. The minimum Gasteiger partial charge on any atom is -0.340 e. The van der Waals surface area contributed by atoms with E-state index < -0.39 is 11.6 Å². The van der Waals surface area contributed by atoms with Crippen molar-refractivity contribution in [1.29, 1.82) is 0 Å². The third kappa shape index (κ3) is 2.92. The van der Waals surface area contributed by atoms with E-state index in [1.807, 2.05) is 0 Å². The second kappa shape index (κ2) is 6.42. The monoisotopic (exact) mass is 330 g/mol. The Morgan fingerprint density at radius 2 is 1.95 bits per heavy atom. The number of urea groups is 1. The van der Waals surface area contributed by atoms with Crippen LogP contribution in [0.3, 0.4) is 0 Å². The normalized spacial score (nSPS) is 27.0. The van der Waals surface area contributed by atoms with E-state index in [0.29, 0.717) is 25.9 Å². The fourth-order valence-corrected chi connectivity index (χ4v) is 3.56. The molecule has 3 rings (SSSR count). The van der Waals surface area contributed by atoms with E-state index >= 15 is 0 Å². The van der Waals surface area contributed by atoms with Gasteiger partial charge in [-0.25, -0.2) is 4.79 Å². The summed E-state index contributed by atoms with van der Waals surface area (Å²) in [6.07, 6.45) is 5.10. The quantitative estimate of drug-likeness (QED) is 0.708. The molecule has 0 bridgehead atoms. The van der Waals surface area contributed by atoms with Gasteiger partial charge in [0, 0.05) is 19.1 Å². The van der Waals surface area contributed by atoms with Crippen molar-refractivity contribution in [2.24, 2.45) is 5.73 Å². The lowest BCUT2D eigenvalue weighted by Gasteiger charge is -2.30. The van der Waals surface area contributed by atoms with Crippen LogP contribution in [-0.2, 0) is 9.59 Å². The smallest absolute Gasteiger partial charge is 0.325 e. The number of rotatable bonds is 2. The Morgan fingerprint density at radius 3 is 2.55 bits per heavy atom. The van der Waals surface area contributed by atoms with Gasteiger partial charge >= 0.3 is 6.03 Å². The zero-order valence-electron chi connectivity index (χ0n) is 12.5. The van der Waals surface area contributed by atoms with Gasteiger partial charge in [0.25, 0.3) is 5.91 Å². The zero-order chi connectivity index (χ0) is 15.0. The van der Waals surface area contributed by atoms with Gasteiger partial charge in [-0.05, 0) is 19.3 Å². The molecule has 4 amide bonds. The van der Waals surface area contributed by atoms with E-state index in [-0.39, 0.29) is 36.8 Å². The Hall–Kier alpha value is -1.34. The predicted molar refractivity (Wildman–Crippen MR) is 82.5 cm³/mol. The average molecular weight is 331 g/mol. The Labute approximate surface area is 136 Å². The molecule has 2 heterocycles. The van der Waals surface area contributed by atoms with Gasteiger partial charge in [-0.2, -0.15) is 0 Å². The molecule has 22 heavy (non-hydrogen) atoms. The van der Waals surface area contributed by atoms with Crippen molar-refractivity contribution >= 4 is 30.3 Å². The first-order chi connectivity index (χ1) is 10.0. The molecular formula is C14H23ClN4O3. The first-order valence-corrected chi connectivity index (χ1v) is 7.69. The number of nitrogens with two attached hydrogens (primary N) is 1. The number of nitrogens with zero attached hydrogens (tertiary/aromatic N) is 2. The summed E-state index contributed by atoms with van der Waals surface area (Å²) in [5, 5.41) is 2.82. The number of amides is 4. The van der Waals surface area contributed by atoms with E-state index in [4.69, 9.17) is 5.73 Å². The second-order valence-corrected chi connectivity index (χ2v) is 6.35. The number of halogens is 1. The van der Waals surface area contributed by atoms with Crippen LogP contribution in [0.15, 0.2) is 0 Å². The standard InChI is InChI=1S/C14H22N4O3.ClH/c15-10-4-7-17(8-10)11(19)9-18-12(20)14(16-13(18)21)5-2-1-3-6-14;/h10H,1-9,15H2,(H,16,21);1H/t10-;/m1./s1. The van der Waals surface area contributed by atoms with Crippen molar-refractivity contribution in [3.05, 3.63) is 0 Å². The van der Waals surface area contributed by atoms with Crippen LogP contribution in [0.1, 0.15) is 38.5 Å². The highest BCUT2D eigenvalue weighted by molar-refractivity contribution is 6.09. The molecule has 3 fully saturated rings. The van der Waals surface area contributed by atoms with Gasteiger partial charge in [-0.1, -0.05) is 19.3 Å². The predicted octanol–water partition coefficient (Wildman–Crippen LogP) is 0.222. The molecule has 1 atom stereocenters. The highest BCUT2D eigenvalue weighted by Gasteiger charge is 2.51. The molecule has 0 radical (unpaired) electrons. The summed E-state index contributed by atoms with van der Waals surface area (Å²) in [6.45, 7) is 0.946. The molecule has 7 nitrogen and oxygen atoms in total. The molecule has 3 aliphatic rings. The van der Waals surface area contributed by atoms with Crippen molar-refractivity contribution in [3.8, 4) is 0 Å². The third-order valence-corrected chi connectivity index (χ3v) is 4.82. The van der Waals surface area contributed by atoms with Crippen molar-refractivity contribution in [2.75, 3.05) is 19.6 Å². The maximum Gasteiger partial charge on any atom is 0.325 e. The minimum absolute atomic E-state index is 0. The summed E-state index contributed by atoms with van der Waals surface area (Å²) in [4.78, 5) is 39.5. The second-order valence-electron chi connectivity index (χ2n) is 6.35. The van der Waals surface area contributed by atoms with Gasteiger partial charge < -0.3 is 16.0 Å². The lowest BCUT2D eigenvalue weighted by atomic mass is 9.82. The highest BCUT2D eigenvalue weighted by Crippen LogP contribution is 2.33. The van der Waals surface area contributed by atoms with E-state index in [1.165, 1.54) is 0 Å². The number of likely N-dealkylation sites (tertiary alicyclic amines) is 1. The number of imide groups is 1. The van der Waals surface area contributed by atoms with Crippen molar-refractivity contribution in [2.45, 2.75) is 50.1 Å². The van der Waals surface area contributed by atoms with Crippen molar-refractivity contribution in [1.82, 2.24) is 15.1 Å². The van der Waals surface area contributed by atoms with E-state index in [2.05, 4.69) is 5.32 Å². The van der Waals surface area contributed by atoms with Crippen molar-refractivity contribution in [3.63, 3.8) is 0 Å². The lowest BCUT2D eigenvalue weighted by Crippen LogP contribution is -2.49. The topological polar surface area (TPSA) is 95.7 Å². The molecule has 8 heteroatoms. The molecule has 2 saturated heterocycles. The maximum absolute atomic E-state index is 12.6. The number of hydrogen-bond donors (Lipinski definition) is 2. The molecule has 0 aromatic carbocycles. The van der Waals surface area contributed by atoms with Crippen LogP contribution < -0.4 is 11.1 Å². The molecular weight excluding hydrogens is 308 g/mol. The number of nitrogens with one attached hydrogen (secondary N) is 1. The molecule has 1 saturated carbocycles. The molecule has 1 spiro atoms. The molecule has 0 aromatic heterocycles. The summed E-state index contributed by atoms with van der Waals surface area (Å²) < 4.78 is 0. The summed E-state index contributed by atoms with van der Waals surface area (Å²) in [5.74, 6) is -0.427. The molecule has 0 aromatic rings. The summed E-state index contributed by atoms with van der Waals surface area (Å²) >= 11 is 0. The number of hydrogen-bond acceptors (Lipinski definition) is 4. The lowest BCUT2D eigenvalue weighted by molar-refractivity contribution is -0.139. The Balaban J connectivity index is 0.00000176. The van der Waals surface area contributed by atoms with E-state index in [0.717, 1.165) is 30.6 Å². The molecule has 124 valence electrons. The van der Waals surface area contributed by atoms with Gasteiger partial charge in [0.1, 0.15) is 12.1 Å². The van der Waals surface area contributed by atoms with Crippen LogP contribution in [-0.4, -0.2) is 58.9 Å². The summed E-state index contributed by atoms with van der Waals surface area (Å²) in [7, 11) is 0. The van der Waals surface area contributed by atoms with Crippen LogP contribution >= 0.6 is 12.4 Å². The van der Waals surface area contributed by atoms with Gasteiger partial charge in [0.15, 0.2) is 0 Å². The fraction of sp³-hybridized carbons (Fsp3) is 0.786. The molecule has 2 aliphatic heterocycles. The zero-order valence-corrected chi connectivity index (χ0v) is 13.4. The summed E-state index contributed by atoms with van der Waals surface area (Å²) in [6, 6.07) is -0.430. The van der Waals surface area contributed by atoms with Gasteiger partial charge in [-0.3, -0.25) is 14.5 Å². The average Bonchev–Trinajstić information content (AvgIpc) is 2.98. The van der Waals surface area contributed by atoms with Crippen LogP contribution in [0.2, 0.25) is 0 Å². The number of carbonyl (C=O) groups excluding carboxylic acids is 3. The first kappa shape index (κ1) is 17.0. The van der Waals surface area contributed by atoms with E-state index in [1.54, 1.807) is 4.90 Å². The van der Waals surface area contributed by atoms with Gasteiger partial charge in [-0.15, -0.1) is 12.4 Å². The van der Waals surface area contributed by atoms with Crippen LogP contribution in [0.5, 0.6) is 0 Å². The number of carbonyl (C=O) groups is 3. The van der Waals surface area contributed by atoms with Crippen LogP contribution in [0.4, 0.5) is 4.79 Å². The maximum atomic E-state index is 12.6. The van der Waals surface area contributed by atoms with Gasteiger partial charge in [0.05, 0.1) is 0 Å². The minimum atomic E-state index is -0.753. The molecule has 3 N–H and O–H groups in total. The SMILES string of the molecule is Cl.N[C@@H]1CCN(C(=O)CN2C(=O)NC3(CCCCC3)C2=O)C1. The Morgan fingerprint density at radius 1 is 1.27 bits per heavy atom.